The van der Waals surface area contributed by atoms with Crippen LogP contribution in [0.5, 0.6) is 0 Å². The first-order chi connectivity index (χ1) is 9.24. The van der Waals surface area contributed by atoms with Gasteiger partial charge in [-0.05, 0) is 36.1 Å². The molecular formula is C17H20N2. The zero-order chi connectivity index (χ0) is 13.2. The van der Waals surface area contributed by atoms with Gasteiger partial charge in [-0.2, -0.15) is 0 Å². The van der Waals surface area contributed by atoms with Crippen LogP contribution in [0.3, 0.4) is 0 Å². The molecule has 0 aliphatic carbocycles. The van der Waals surface area contributed by atoms with Crippen LogP contribution in [0.2, 0.25) is 0 Å². The second-order valence-electron chi connectivity index (χ2n) is 5.38. The summed E-state index contributed by atoms with van der Waals surface area (Å²) in [5.41, 5.74) is 5.34. The van der Waals surface area contributed by atoms with E-state index >= 15 is 0 Å². The van der Waals surface area contributed by atoms with E-state index in [1.54, 1.807) is 0 Å². The number of hydrogen-bond donors (Lipinski definition) is 1. The monoisotopic (exact) mass is 252 g/mol. The van der Waals surface area contributed by atoms with E-state index in [2.05, 4.69) is 72.8 Å². The minimum Gasteiger partial charge on any atom is -0.378 e. The van der Waals surface area contributed by atoms with Gasteiger partial charge in [0.15, 0.2) is 0 Å². The second kappa shape index (κ2) is 4.96. The molecule has 0 bridgehead atoms. The molecule has 2 aromatic carbocycles. The standard InChI is InChI=1S/C17H20N2/c1-19(2)15-10-8-14-9-11-16(18-17(14)12-15)13-6-4-3-5-7-13/h3-8,10,12,16,18H,9,11H2,1-2H3. The molecule has 0 fully saturated rings. The predicted molar refractivity (Wildman–Crippen MR) is 81.9 cm³/mol. The van der Waals surface area contributed by atoms with E-state index < -0.39 is 0 Å². The smallest absolute Gasteiger partial charge is 0.0517 e. The Kier molecular flexibility index (Phi) is 3.16. The van der Waals surface area contributed by atoms with E-state index in [1.165, 1.54) is 28.9 Å². The van der Waals surface area contributed by atoms with E-state index in [1.807, 2.05) is 0 Å². The third kappa shape index (κ3) is 2.43. The Balaban J connectivity index is 1.88. The number of anilines is 2. The Morgan fingerprint density at radius 2 is 1.84 bits per heavy atom. The lowest BCUT2D eigenvalue weighted by molar-refractivity contribution is 0.668. The van der Waals surface area contributed by atoms with Crippen LogP contribution in [0.1, 0.15) is 23.6 Å². The summed E-state index contributed by atoms with van der Waals surface area (Å²) in [6, 6.07) is 17.9. The van der Waals surface area contributed by atoms with Crippen LogP contribution in [0, 0.1) is 0 Å². The highest BCUT2D eigenvalue weighted by molar-refractivity contribution is 5.64. The van der Waals surface area contributed by atoms with Crippen molar-refractivity contribution in [2.75, 3.05) is 24.3 Å². The second-order valence-corrected chi connectivity index (χ2v) is 5.38. The maximum Gasteiger partial charge on any atom is 0.0517 e. The molecule has 0 amide bonds. The summed E-state index contributed by atoms with van der Waals surface area (Å²) in [5.74, 6) is 0. The van der Waals surface area contributed by atoms with Gasteiger partial charge in [-0.25, -0.2) is 0 Å². The molecule has 19 heavy (non-hydrogen) atoms. The Bertz CT molecular complexity index is 561. The van der Waals surface area contributed by atoms with Gasteiger partial charge in [-0.1, -0.05) is 36.4 Å². The van der Waals surface area contributed by atoms with Gasteiger partial charge in [-0.3, -0.25) is 0 Å². The molecule has 0 aromatic heterocycles. The molecule has 1 atom stereocenters. The first-order valence-electron chi connectivity index (χ1n) is 6.86. The summed E-state index contributed by atoms with van der Waals surface area (Å²) >= 11 is 0. The van der Waals surface area contributed by atoms with Crippen molar-refractivity contribution in [3.63, 3.8) is 0 Å². The van der Waals surface area contributed by atoms with Gasteiger partial charge in [0.2, 0.25) is 0 Å². The van der Waals surface area contributed by atoms with Crippen molar-refractivity contribution in [2.45, 2.75) is 18.9 Å². The zero-order valence-corrected chi connectivity index (χ0v) is 11.6. The highest BCUT2D eigenvalue weighted by atomic mass is 15.1. The van der Waals surface area contributed by atoms with Crippen molar-refractivity contribution >= 4 is 11.4 Å². The van der Waals surface area contributed by atoms with E-state index in [-0.39, 0.29) is 0 Å². The maximum absolute atomic E-state index is 3.68. The zero-order valence-electron chi connectivity index (χ0n) is 11.6. The maximum atomic E-state index is 3.68. The molecule has 2 heteroatoms. The van der Waals surface area contributed by atoms with E-state index in [0.29, 0.717) is 6.04 Å². The topological polar surface area (TPSA) is 15.3 Å². The van der Waals surface area contributed by atoms with Crippen LogP contribution in [0.15, 0.2) is 48.5 Å². The van der Waals surface area contributed by atoms with Gasteiger partial charge in [0, 0.05) is 25.5 Å². The van der Waals surface area contributed by atoms with Gasteiger partial charge >= 0.3 is 0 Å². The van der Waals surface area contributed by atoms with Crippen LogP contribution < -0.4 is 10.2 Å². The summed E-state index contributed by atoms with van der Waals surface area (Å²) < 4.78 is 0. The molecule has 1 aliphatic rings. The van der Waals surface area contributed by atoms with Crippen LogP contribution in [-0.2, 0) is 6.42 Å². The minimum absolute atomic E-state index is 0.436. The molecule has 98 valence electrons. The number of hydrogen-bond acceptors (Lipinski definition) is 2. The fourth-order valence-electron chi connectivity index (χ4n) is 2.69. The molecular weight excluding hydrogens is 232 g/mol. The largest absolute Gasteiger partial charge is 0.378 e. The molecule has 0 spiro atoms. The average molecular weight is 252 g/mol. The SMILES string of the molecule is CN(C)c1ccc2c(c1)NC(c1ccccc1)CC2. The number of fused-ring (bicyclic) bond motifs is 1. The lowest BCUT2D eigenvalue weighted by Gasteiger charge is -2.28. The molecule has 2 nitrogen and oxygen atoms in total. The van der Waals surface area contributed by atoms with Gasteiger partial charge in [0.25, 0.3) is 0 Å². The predicted octanol–water partition coefficient (Wildman–Crippen LogP) is 3.85. The molecule has 1 aliphatic heterocycles. The third-order valence-electron chi connectivity index (χ3n) is 3.84. The molecule has 0 saturated heterocycles. The highest BCUT2D eigenvalue weighted by Crippen LogP contribution is 2.34. The fourth-order valence-corrected chi connectivity index (χ4v) is 2.69. The van der Waals surface area contributed by atoms with Gasteiger partial charge < -0.3 is 10.2 Å². The van der Waals surface area contributed by atoms with Gasteiger partial charge in [-0.15, -0.1) is 0 Å². The van der Waals surface area contributed by atoms with Crippen molar-refractivity contribution in [3.8, 4) is 0 Å². The molecule has 1 heterocycles. The van der Waals surface area contributed by atoms with Gasteiger partial charge in [0.1, 0.15) is 0 Å². The fraction of sp³-hybridized carbons (Fsp3) is 0.294. The lowest BCUT2D eigenvalue weighted by Crippen LogP contribution is -2.18. The quantitative estimate of drug-likeness (QED) is 0.873. The van der Waals surface area contributed by atoms with E-state index in [0.717, 1.165) is 6.42 Å². The summed E-state index contributed by atoms with van der Waals surface area (Å²) in [7, 11) is 4.17. The molecule has 3 rings (SSSR count). The Morgan fingerprint density at radius 1 is 1.05 bits per heavy atom. The third-order valence-corrected chi connectivity index (χ3v) is 3.84. The Labute approximate surface area is 115 Å². The average Bonchev–Trinajstić information content (AvgIpc) is 2.47. The van der Waals surface area contributed by atoms with Gasteiger partial charge in [0.05, 0.1) is 6.04 Å². The van der Waals surface area contributed by atoms with Crippen LogP contribution >= 0.6 is 0 Å². The van der Waals surface area contributed by atoms with Crippen molar-refractivity contribution < 1.29 is 0 Å². The van der Waals surface area contributed by atoms with E-state index in [4.69, 9.17) is 0 Å². The minimum atomic E-state index is 0.436. The van der Waals surface area contributed by atoms with Crippen LogP contribution in [0.25, 0.3) is 0 Å². The summed E-state index contributed by atoms with van der Waals surface area (Å²) in [6.07, 6.45) is 2.31. The number of aryl methyl sites for hydroxylation is 1. The first-order valence-corrected chi connectivity index (χ1v) is 6.86. The summed E-state index contributed by atoms with van der Waals surface area (Å²) in [6.45, 7) is 0. The molecule has 1 unspecified atom stereocenters. The van der Waals surface area contributed by atoms with Crippen LogP contribution in [0.4, 0.5) is 11.4 Å². The first kappa shape index (κ1) is 12.1. The Morgan fingerprint density at radius 3 is 2.58 bits per heavy atom. The van der Waals surface area contributed by atoms with E-state index in [9.17, 15) is 0 Å². The van der Waals surface area contributed by atoms with Crippen LogP contribution in [-0.4, -0.2) is 14.1 Å². The Hall–Kier alpha value is -1.96. The summed E-state index contributed by atoms with van der Waals surface area (Å²) in [4.78, 5) is 2.15. The number of benzene rings is 2. The van der Waals surface area contributed by atoms with Crippen molar-refractivity contribution in [1.82, 2.24) is 0 Å². The molecule has 0 radical (unpaired) electrons. The molecule has 0 saturated carbocycles. The number of rotatable bonds is 2. The number of nitrogens with zero attached hydrogens (tertiary/aromatic N) is 1. The molecule has 1 N–H and O–H groups in total. The lowest BCUT2D eigenvalue weighted by atomic mass is 9.93. The van der Waals surface area contributed by atoms with Crippen molar-refractivity contribution in [1.29, 1.82) is 0 Å². The normalized spacial score (nSPS) is 17.5. The summed E-state index contributed by atoms with van der Waals surface area (Å²) in [5, 5.41) is 3.68. The number of nitrogens with one attached hydrogen (secondary N) is 1. The molecule has 2 aromatic rings. The highest BCUT2D eigenvalue weighted by Gasteiger charge is 2.19. The van der Waals surface area contributed by atoms with Crippen molar-refractivity contribution in [3.05, 3.63) is 59.7 Å². The van der Waals surface area contributed by atoms with Crippen molar-refractivity contribution in [2.24, 2.45) is 0 Å².